The van der Waals surface area contributed by atoms with E-state index in [1.165, 1.54) is 19.8 Å². The van der Waals surface area contributed by atoms with Crippen LogP contribution in [0.3, 0.4) is 0 Å². The van der Waals surface area contributed by atoms with Crippen LogP contribution in [0.5, 0.6) is 0 Å². The van der Waals surface area contributed by atoms with Crippen LogP contribution in [0.1, 0.15) is 59.8 Å². The minimum Gasteiger partial charge on any atom is -0.460 e. The molecular formula is C13H26O3. The van der Waals surface area contributed by atoms with Gasteiger partial charge in [0, 0.05) is 6.92 Å². The van der Waals surface area contributed by atoms with Gasteiger partial charge in [-0.05, 0) is 19.8 Å². The molecule has 0 amide bonds. The number of hydrogen-bond acceptors (Lipinski definition) is 3. The predicted molar refractivity (Wildman–Crippen MR) is 65.4 cm³/mol. The number of carbonyl (C=O) groups is 1. The Morgan fingerprint density at radius 1 is 1.19 bits per heavy atom. The summed E-state index contributed by atoms with van der Waals surface area (Å²) in [7, 11) is 0. The van der Waals surface area contributed by atoms with Crippen LogP contribution in [0.25, 0.3) is 0 Å². The minimum atomic E-state index is -0.239. The van der Waals surface area contributed by atoms with Crippen molar-refractivity contribution in [2.75, 3.05) is 6.61 Å². The lowest BCUT2D eigenvalue weighted by molar-refractivity contribution is -0.149. The van der Waals surface area contributed by atoms with Gasteiger partial charge in [-0.25, -0.2) is 0 Å². The standard InChI is InChI=1S/C13H26O3/c1-5-7-9-13(8-6-2)15-10-11(3)16-12(4)14/h11,13H,5-10H2,1-4H3. The molecule has 0 aliphatic rings. The molecule has 0 spiro atoms. The Morgan fingerprint density at radius 3 is 2.38 bits per heavy atom. The van der Waals surface area contributed by atoms with E-state index in [0.717, 1.165) is 19.3 Å². The quantitative estimate of drug-likeness (QED) is 0.570. The van der Waals surface area contributed by atoms with E-state index in [-0.39, 0.29) is 12.1 Å². The number of hydrogen-bond donors (Lipinski definition) is 0. The summed E-state index contributed by atoms with van der Waals surface area (Å²) in [6, 6.07) is 0. The van der Waals surface area contributed by atoms with E-state index in [4.69, 9.17) is 9.47 Å². The molecule has 3 nitrogen and oxygen atoms in total. The van der Waals surface area contributed by atoms with E-state index >= 15 is 0 Å². The fraction of sp³-hybridized carbons (Fsp3) is 0.923. The SMILES string of the molecule is CCCCC(CCC)OCC(C)OC(C)=O. The average molecular weight is 230 g/mol. The van der Waals surface area contributed by atoms with E-state index in [1.54, 1.807) is 0 Å². The van der Waals surface area contributed by atoms with Gasteiger partial charge in [-0.2, -0.15) is 0 Å². The molecule has 0 heterocycles. The molecule has 0 rings (SSSR count). The first kappa shape index (κ1) is 15.4. The molecule has 0 radical (unpaired) electrons. The van der Waals surface area contributed by atoms with E-state index in [1.807, 2.05) is 6.92 Å². The highest BCUT2D eigenvalue weighted by Gasteiger charge is 2.11. The highest BCUT2D eigenvalue weighted by molar-refractivity contribution is 5.66. The van der Waals surface area contributed by atoms with Crippen molar-refractivity contribution in [3.05, 3.63) is 0 Å². The first-order valence-corrected chi connectivity index (χ1v) is 6.38. The summed E-state index contributed by atoms with van der Waals surface area (Å²) in [4.78, 5) is 10.7. The smallest absolute Gasteiger partial charge is 0.302 e. The van der Waals surface area contributed by atoms with E-state index in [9.17, 15) is 4.79 Å². The maximum Gasteiger partial charge on any atom is 0.302 e. The van der Waals surface area contributed by atoms with Crippen molar-refractivity contribution in [2.24, 2.45) is 0 Å². The molecule has 0 aromatic carbocycles. The maximum absolute atomic E-state index is 10.7. The fourth-order valence-corrected chi connectivity index (χ4v) is 1.65. The Balaban J connectivity index is 3.76. The largest absolute Gasteiger partial charge is 0.460 e. The van der Waals surface area contributed by atoms with E-state index < -0.39 is 0 Å². The Kier molecular flexibility index (Phi) is 9.30. The zero-order valence-electron chi connectivity index (χ0n) is 11.1. The van der Waals surface area contributed by atoms with Gasteiger partial charge < -0.3 is 9.47 Å². The molecule has 96 valence electrons. The lowest BCUT2D eigenvalue weighted by Gasteiger charge is -2.19. The molecule has 0 aliphatic heterocycles. The third-order valence-electron chi connectivity index (χ3n) is 2.42. The first-order valence-electron chi connectivity index (χ1n) is 6.38. The lowest BCUT2D eigenvalue weighted by Crippen LogP contribution is -2.23. The van der Waals surface area contributed by atoms with Crippen LogP contribution < -0.4 is 0 Å². The van der Waals surface area contributed by atoms with Crippen molar-refractivity contribution in [3.8, 4) is 0 Å². The number of carbonyl (C=O) groups excluding carboxylic acids is 1. The van der Waals surface area contributed by atoms with Crippen molar-refractivity contribution in [1.82, 2.24) is 0 Å². The molecule has 2 unspecified atom stereocenters. The number of unbranched alkanes of at least 4 members (excludes halogenated alkanes) is 1. The zero-order chi connectivity index (χ0) is 12.4. The van der Waals surface area contributed by atoms with E-state index in [2.05, 4.69) is 13.8 Å². The molecule has 3 heteroatoms. The highest BCUT2D eigenvalue weighted by atomic mass is 16.6. The second-order valence-corrected chi connectivity index (χ2v) is 4.31. The molecule has 0 saturated carbocycles. The average Bonchev–Trinajstić information content (AvgIpc) is 2.21. The van der Waals surface area contributed by atoms with Gasteiger partial charge in [-0.1, -0.05) is 33.1 Å². The van der Waals surface area contributed by atoms with Crippen molar-refractivity contribution in [2.45, 2.75) is 72.0 Å². The Morgan fingerprint density at radius 2 is 1.88 bits per heavy atom. The van der Waals surface area contributed by atoms with Crippen LogP contribution in [-0.2, 0) is 14.3 Å². The van der Waals surface area contributed by atoms with Crippen LogP contribution in [0.2, 0.25) is 0 Å². The lowest BCUT2D eigenvalue weighted by atomic mass is 10.1. The topological polar surface area (TPSA) is 35.5 Å². The van der Waals surface area contributed by atoms with Gasteiger partial charge in [0.15, 0.2) is 0 Å². The first-order chi connectivity index (χ1) is 7.60. The summed E-state index contributed by atoms with van der Waals surface area (Å²) in [6.45, 7) is 8.15. The van der Waals surface area contributed by atoms with Gasteiger partial charge in [0.2, 0.25) is 0 Å². The molecule has 0 fully saturated rings. The second-order valence-electron chi connectivity index (χ2n) is 4.31. The van der Waals surface area contributed by atoms with Gasteiger partial charge in [0.25, 0.3) is 0 Å². The summed E-state index contributed by atoms with van der Waals surface area (Å²) in [5.74, 6) is -0.239. The van der Waals surface area contributed by atoms with Crippen LogP contribution in [0, 0.1) is 0 Å². The van der Waals surface area contributed by atoms with Crippen molar-refractivity contribution in [1.29, 1.82) is 0 Å². The molecule has 2 atom stereocenters. The third-order valence-corrected chi connectivity index (χ3v) is 2.42. The Bertz CT molecular complexity index is 180. The Hall–Kier alpha value is -0.570. The van der Waals surface area contributed by atoms with Gasteiger partial charge in [-0.15, -0.1) is 0 Å². The third kappa shape index (κ3) is 8.72. The van der Waals surface area contributed by atoms with Crippen molar-refractivity contribution in [3.63, 3.8) is 0 Å². The van der Waals surface area contributed by atoms with Crippen molar-refractivity contribution >= 4 is 5.97 Å². The van der Waals surface area contributed by atoms with Gasteiger partial charge in [0.1, 0.15) is 6.10 Å². The van der Waals surface area contributed by atoms with Crippen LogP contribution >= 0.6 is 0 Å². The highest BCUT2D eigenvalue weighted by Crippen LogP contribution is 2.11. The normalized spacial score (nSPS) is 14.5. The van der Waals surface area contributed by atoms with Crippen LogP contribution in [0.15, 0.2) is 0 Å². The molecule has 0 aromatic rings. The molecule has 16 heavy (non-hydrogen) atoms. The van der Waals surface area contributed by atoms with Gasteiger partial charge >= 0.3 is 5.97 Å². The number of rotatable bonds is 9. The van der Waals surface area contributed by atoms with Gasteiger partial charge in [-0.3, -0.25) is 4.79 Å². The predicted octanol–water partition coefficient (Wildman–Crippen LogP) is 3.31. The zero-order valence-corrected chi connectivity index (χ0v) is 11.1. The molecule has 0 aromatic heterocycles. The van der Waals surface area contributed by atoms with Crippen LogP contribution in [0.4, 0.5) is 0 Å². The summed E-state index contributed by atoms with van der Waals surface area (Å²) in [5, 5.41) is 0. The number of esters is 1. The Labute approximate surface area is 99.5 Å². The van der Waals surface area contributed by atoms with Crippen molar-refractivity contribution < 1.29 is 14.3 Å². The van der Waals surface area contributed by atoms with Gasteiger partial charge in [0.05, 0.1) is 12.7 Å². The molecular weight excluding hydrogens is 204 g/mol. The summed E-state index contributed by atoms with van der Waals surface area (Å²) < 4.78 is 10.8. The van der Waals surface area contributed by atoms with E-state index in [0.29, 0.717) is 12.7 Å². The molecule has 0 bridgehead atoms. The summed E-state index contributed by atoms with van der Waals surface area (Å²) in [5.41, 5.74) is 0. The summed E-state index contributed by atoms with van der Waals surface area (Å²) >= 11 is 0. The number of ether oxygens (including phenoxy) is 2. The summed E-state index contributed by atoms with van der Waals surface area (Å²) in [6.07, 6.45) is 5.91. The van der Waals surface area contributed by atoms with Crippen LogP contribution in [-0.4, -0.2) is 24.8 Å². The fourth-order valence-electron chi connectivity index (χ4n) is 1.65. The minimum absolute atomic E-state index is 0.140. The second kappa shape index (κ2) is 9.64. The monoisotopic (exact) mass is 230 g/mol. The molecule has 0 saturated heterocycles. The molecule has 0 N–H and O–H groups in total. The maximum atomic E-state index is 10.7. The molecule has 0 aliphatic carbocycles.